The highest BCUT2D eigenvalue weighted by Crippen LogP contribution is 2.35. The van der Waals surface area contributed by atoms with E-state index in [-0.39, 0.29) is 17.8 Å². The van der Waals surface area contributed by atoms with E-state index < -0.39 is 17.4 Å². The molecule has 2 rings (SSSR count). The number of benzene rings is 1. The summed E-state index contributed by atoms with van der Waals surface area (Å²) in [6, 6.07) is 5.17. The van der Waals surface area contributed by atoms with Crippen molar-refractivity contribution < 1.29 is 18.0 Å². The Balaban J connectivity index is 2.12. The molecule has 2 aromatic rings. The first-order chi connectivity index (χ1) is 11.5. The maximum Gasteiger partial charge on any atom is 0.350 e. The zero-order valence-corrected chi connectivity index (χ0v) is 15.0. The van der Waals surface area contributed by atoms with Gasteiger partial charge in [-0.05, 0) is 38.5 Å². The van der Waals surface area contributed by atoms with Gasteiger partial charge in [0.2, 0.25) is 0 Å². The molecule has 7 heteroatoms. The minimum Gasteiger partial charge on any atom is -0.489 e. The molecule has 4 nitrogen and oxygen atoms in total. The Morgan fingerprint density at radius 2 is 1.80 bits per heavy atom. The summed E-state index contributed by atoms with van der Waals surface area (Å²) in [4.78, 5) is 3.78. The second kappa shape index (κ2) is 6.96. The molecule has 134 valence electrons. The van der Waals surface area contributed by atoms with Gasteiger partial charge in [-0.1, -0.05) is 42.0 Å². The lowest BCUT2D eigenvalue weighted by Crippen LogP contribution is -2.19. The van der Waals surface area contributed by atoms with Crippen molar-refractivity contribution in [1.29, 1.82) is 0 Å². The van der Waals surface area contributed by atoms with Crippen LogP contribution in [-0.4, -0.2) is 15.7 Å². The van der Waals surface area contributed by atoms with Gasteiger partial charge in [0.1, 0.15) is 11.4 Å². The van der Waals surface area contributed by atoms with Crippen LogP contribution >= 0.6 is 11.6 Å². The molecule has 0 saturated heterocycles. The third-order valence-corrected chi connectivity index (χ3v) is 3.39. The number of ether oxygens (including phenoxy) is 1. The van der Waals surface area contributed by atoms with Crippen LogP contribution in [0.3, 0.4) is 0 Å². The fraction of sp³-hybridized carbons (Fsp3) is 0.333. The summed E-state index contributed by atoms with van der Waals surface area (Å²) in [7, 11) is 0. The molecule has 0 aliphatic rings. The van der Waals surface area contributed by atoms with E-state index in [2.05, 4.69) is 23.3 Å². The van der Waals surface area contributed by atoms with E-state index in [0.717, 1.165) is 0 Å². The zero-order chi connectivity index (χ0) is 18.8. The van der Waals surface area contributed by atoms with E-state index in [0.29, 0.717) is 16.4 Å². The van der Waals surface area contributed by atoms with E-state index >= 15 is 0 Å². The summed E-state index contributed by atoms with van der Waals surface area (Å²) >= 11 is 5.72. The molecular weight excluding hydrogens is 350 g/mol. The van der Waals surface area contributed by atoms with E-state index in [1.54, 1.807) is 0 Å². The van der Waals surface area contributed by atoms with Crippen molar-refractivity contribution in [3.05, 3.63) is 71.1 Å². The molecule has 0 unspecified atom stereocenters. The standard InChI is InChI=1S/C18H19ClF2N2O2/c1-11(12(2)24-17(3,4)5)10-15-22-16(25-23-15)18(20,21)13-6-8-14(19)9-7-13/h6-9H,1-2,10H2,3-5H3. The highest BCUT2D eigenvalue weighted by atomic mass is 35.5. The Hall–Kier alpha value is -2.21. The zero-order valence-electron chi connectivity index (χ0n) is 14.3. The van der Waals surface area contributed by atoms with Gasteiger partial charge >= 0.3 is 11.8 Å². The summed E-state index contributed by atoms with van der Waals surface area (Å²) in [5, 5.41) is 3.96. The summed E-state index contributed by atoms with van der Waals surface area (Å²) in [5.74, 6) is -3.79. The first-order valence-corrected chi connectivity index (χ1v) is 7.90. The average molecular weight is 369 g/mol. The van der Waals surface area contributed by atoms with Crippen LogP contribution in [0.5, 0.6) is 0 Å². The molecule has 0 aliphatic carbocycles. The van der Waals surface area contributed by atoms with Crippen molar-refractivity contribution in [2.75, 3.05) is 0 Å². The van der Waals surface area contributed by atoms with Crippen molar-refractivity contribution in [2.45, 2.75) is 38.7 Å². The predicted molar refractivity (Wildman–Crippen MR) is 91.6 cm³/mol. The largest absolute Gasteiger partial charge is 0.489 e. The lowest BCUT2D eigenvalue weighted by atomic mass is 10.1. The lowest BCUT2D eigenvalue weighted by Gasteiger charge is -2.23. The summed E-state index contributed by atoms with van der Waals surface area (Å²) in [6.07, 6.45) is 0.0924. The molecule has 0 N–H and O–H groups in total. The highest BCUT2D eigenvalue weighted by molar-refractivity contribution is 6.30. The van der Waals surface area contributed by atoms with E-state index in [1.807, 2.05) is 20.8 Å². The minimum absolute atomic E-state index is 0.0762. The summed E-state index contributed by atoms with van der Waals surface area (Å²) < 4.78 is 39.2. The van der Waals surface area contributed by atoms with Crippen molar-refractivity contribution in [3.63, 3.8) is 0 Å². The van der Waals surface area contributed by atoms with Crippen LogP contribution in [0.4, 0.5) is 8.78 Å². The maximum atomic E-state index is 14.4. The highest BCUT2D eigenvalue weighted by Gasteiger charge is 2.40. The fourth-order valence-corrected chi connectivity index (χ4v) is 2.09. The number of alkyl halides is 2. The van der Waals surface area contributed by atoms with Crippen LogP contribution in [0.15, 0.2) is 53.3 Å². The molecule has 25 heavy (non-hydrogen) atoms. The van der Waals surface area contributed by atoms with Crippen molar-refractivity contribution in [3.8, 4) is 0 Å². The topological polar surface area (TPSA) is 48.2 Å². The van der Waals surface area contributed by atoms with E-state index in [9.17, 15) is 8.78 Å². The van der Waals surface area contributed by atoms with Crippen molar-refractivity contribution >= 4 is 11.6 Å². The second-order valence-electron chi connectivity index (χ2n) is 6.51. The molecule has 0 radical (unpaired) electrons. The number of allylic oxidation sites excluding steroid dienone is 1. The molecule has 0 amide bonds. The van der Waals surface area contributed by atoms with Gasteiger partial charge in [-0.2, -0.15) is 13.8 Å². The fourth-order valence-electron chi connectivity index (χ4n) is 1.97. The molecular formula is C18H19ClF2N2O2. The smallest absolute Gasteiger partial charge is 0.350 e. The summed E-state index contributed by atoms with van der Waals surface area (Å²) in [6.45, 7) is 13.2. The van der Waals surface area contributed by atoms with E-state index in [4.69, 9.17) is 20.9 Å². The van der Waals surface area contributed by atoms with Gasteiger partial charge in [-0.3, -0.25) is 0 Å². The van der Waals surface area contributed by atoms with Gasteiger partial charge in [-0.15, -0.1) is 0 Å². The molecule has 1 aromatic heterocycles. The number of hydrogen-bond donors (Lipinski definition) is 0. The Kier molecular flexibility index (Phi) is 5.32. The number of halogens is 3. The van der Waals surface area contributed by atoms with Crippen molar-refractivity contribution in [1.82, 2.24) is 10.1 Å². The molecule has 0 atom stereocenters. The lowest BCUT2D eigenvalue weighted by molar-refractivity contribution is 0.00761. The van der Waals surface area contributed by atoms with Crippen LogP contribution in [0.1, 0.15) is 38.0 Å². The van der Waals surface area contributed by atoms with Gasteiger partial charge in [0, 0.05) is 17.0 Å². The second-order valence-corrected chi connectivity index (χ2v) is 6.95. The van der Waals surface area contributed by atoms with Gasteiger partial charge in [-0.25, -0.2) is 0 Å². The molecule has 0 bridgehead atoms. The Bertz CT molecular complexity index is 777. The third-order valence-electron chi connectivity index (χ3n) is 3.14. The number of aromatic nitrogens is 2. The normalized spacial score (nSPS) is 12.1. The van der Waals surface area contributed by atoms with Crippen molar-refractivity contribution in [2.24, 2.45) is 0 Å². The van der Waals surface area contributed by atoms with Crippen LogP contribution < -0.4 is 0 Å². The maximum absolute atomic E-state index is 14.4. The van der Waals surface area contributed by atoms with Crippen LogP contribution in [0.2, 0.25) is 5.02 Å². The predicted octanol–water partition coefficient (Wildman–Crippen LogP) is 5.29. The van der Waals surface area contributed by atoms with E-state index in [1.165, 1.54) is 24.3 Å². The van der Waals surface area contributed by atoms with Crippen LogP contribution in [0.25, 0.3) is 0 Å². The molecule has 1 heterocycles. The molecule has 0 aliphatic heterocycles. The SMILES string of the molecule is C=C(Cc1noc(C(F)(F)c2ccc(Cl)cc2)n1)C(=C)OC(C)(C)C. The molecule has 0 fully saturated rings. The number of rotatable bonds is 6. The first-order valence-electron chi connectivity index (χ1n) is 7.52. The van der Waals surface area contributed by atoms with Crippen LogP contribution in [0, 0.1) is 0 Å². The monoisotopic (exact) mass is 368 g/mol. The first kappa shape index (κ1) is 19.1. The number of nitrogens with zero attached hydrogens (tertiary/aromatic N) is 2. The van der Waals surface area contributed by atoms with Gasteiger partial charge in [0.05, 0.1) is 0 Å². The number of hydrogen-bond acceptors (Lipinski definition) is 4. The molecule has 0 saturated carbocycles. The van der Waals surface area contributed by atoms with Gasteiger partial charge in [0.15, 0.2) is 5.82 Å². The summed E-state index contributed by atoms with van der Waals surface area (Å²) in [5.41, 5.74) is -0.243. The minimum atomic E-state index is -3.42. The quantitative estimate of drug-likeness (QED) is 0.513. The average Bonchev–Trinajstić information content (AvgIpc) is 2.95. The van der Waals surface area contributed by atoms with Crippen LogP contribution in [-0.2, 0) is 17.1 Å². The Morgan fingerprint density at radius 3 is 2.36 bits per heavy atom. The third kappa shape index (κ3) is 4.89. The molecule has 1 aromatic carbocycles. The molecule has 0 spiro atoms. The van der Waals surface area contributed by atoms with Gasteiger partial charge < -0.3 is 9.26 Å². The Morgan fingerprint density at radius 1 is 1.20 bits per heavy atom. The van der Waals surface area contributed by atoms with Gasteiger partial charge in [0.25, 0.3) is 0 Å². The Labute approximate surface area is 150 Å².